The number of aromatic nitrogens is 2. The highest BCUT2D eigenvalue weighted by Gasteiger charge is 2.14. The van der Waals surface area contributed by atoms with Crippen LogP contribution in [0.25, 0.3) is 11.4 Å². The minimum Gasteiger partial charge on any atom is -0.233 e. The van der Waals surface area contributed by atoms with Crippen LogP contribution in [-0.2, 0) is 0 Å². The van der Waals surface area contributed by atoms with E-state index in [2.05, 4.69) is 49.8 Å². The molecule has 3 heteroatoms. The Morgan fingerprint density at radius 2 is 1.68 bits per heavy atom. The van der Waals surface area contributed by atoms with Crippen molar-refractivity contribution in [3.63, 3.8) is 0 Å². The van der Waals surface area contributed by atoms with Crippen molar-refractivity contribution >= 4 is 11.6 Å². The lowest BCUT2D eigenvalue weighted by Crippen LogP contribution is -2.02. The van der Waals surface area contributed by atoms with Crippen LogP contribution in [0.5, 0.6) is 0 Å². The molecule has 0 aliphatic heterocycles. The topological polar surface area (TPSA) is 25.8 Å². The standard InChI is InChI=1S/C16H19ClN2/c1-9(2)14-12(5)18-16(19-15(14)17)13-7-6-10(3)11(4)8-13/h6-9H,1-5H3. The second-order valence-corrected chi connectivity index (χ2v) is 5.65. The Morgan fingerprint density at radius 3 is 2.21 bits per heavy atom. The molecule has 0 fully saturated rings. The van der Waals surface area contributed by atoms with Gasteiger partial charge in [0.1, 0.15) is 5.15 Å². The van der Waals surface area contributed by atoms with Crippen LogP contribution >= 0.6 is 11.6 Å². The molecule has 0 unspecified atom stereocenters. The first kappa shape index (κ1) is 14.0. The minimum atomic E-state index is 0.335. The van der Waals surface area contributed by atoms with Gasteiger partial charge in [-0.2, -0.15) is 0 Å². The summed E-state index contributed by atoms with van der Waals surface area (Å²) in [5.74, 6) is 1.04. The highest BCUT2D eigenvalue weighted by atomic mass is 35.5. The van der Waals surface area contributed by atoms with Crippen LogP contribution in [-0.4, -0.2) is 9.97 Å². The van der Waals surface area contributed by atoms with Crippen LogP contribution in [0.2, 0.25) is 5.15 Å². The van der Waals surface area contributed by atoms with Crippen molar-refractivity contribution in [3.05, 3.63) is 45.7 Å². The van der Waals surface area contributed by atoms with E-state index in [1.165, 1.54) is 11.1 Å². The van der Waals surface area contributed by atoms with Gasteiger partial charge in [0.25, 0.3) is 0 Å². The molecular formula is C16H19ClN2. The SMILES string of the molecule is Cc1ccc(-c2nc(C)c(C(C)C)c(Cl)n2)cc1C. The molecule has 100 valence electrons. The highest BCUT2D eigenvalue weighted by Crippen LogP contribution is 2.28. The number of halogens is 1. The minimum absolute atomic E-state index is 0.335. The van der Waals surface area contributed by atoms with Crippen molar-refractivity contribution in [1.82, 2.24) is 9.97 Å². The molecule has 19 heavy (non-hydrogen) atoms. The van der Waals surface area contributed by atoms with E-state index in [-0.39, 0.29) is 0 Å². The molecule has 2 rings (SSSR count). The fraction of sp³-hybridized carbons (Fsp3) is 0.375. The Balaban J connectivity index is 2.55. The lowest BCUT2D eigenvalue weighted by molar-refractivity contribution is 0.831. The Labute approximate surface area is 119 Å². The molecule has 0 radical (unpaired) electrons. The van der Waals surface area contributed by atoms with Crippen molar-refractivity contribution in [3.8, 4) is 11.4 Å². The van der Waals surface area contributed by atoms with Crippen molar-refractivity contribution in [2.24, 2.45) is 0 Å². The predicted molar refractivity (Wildman–Crippen MR) is 80.8 cm³/mol. The van der Waals surface area contributed by atoms with E-state index in [1.54, 1.807) is 0 Å². The van der Waals surface area contributed by atoms with E-state index in [1.807, 2.05) is 13.0 Å². The summed E-state index contributed by atoms with van der Waals surface area (Å²) in [5.41, 5.74) is 5.52. The first-order valence-corrected chi connectivity index (χ1v) is 6.89. The Hall–Kier alpha value is -1.41. The molecule has 0 saturated carbocycles. The summed E-state index contributed by atoms with van der Waals surface area (Å²) in [6.45, 7) is 10.4. The van der Waals surface area contributed by atoms with E-state index in [0.717, 1.165) is 16.8 Å². The van der Waals surface area contributed by atoms with Gasteiger partial charge in [0, 0.05) is 16.8 Å². The third-order valence-corrected chi connectivity index (χ3v) is 3.72. The summed E-state index contributed by atoms with van der Waals surface area (Å²) >= 11 is 6.30. The number of aryl methyl sites for hydroxylation is 3. The number of benzene rings is 1. The van der Waals surface area contributed by atoms with Gasteiger partial charge in [-0.3, -0.25) is 0 Å². The first-order chi connectivity index (χ1) is 8.90. The smallest absolute Gasteiger partial charge is 0.161 e. The predicted octanol–water partition coefficient (Wildman–Crippen LogP) is 4.85. The Kier molecular flexibility index (Phi) is 3.91. The van der Waals surface area contributed by atoms with Gasteiger partial charge in [0.15, 0.2) is 5.82 Å². The summed E-state index contributed by atoms with van der Waals surface area (Å²) in [6.07, 6.45) is 0. The number of rotatable bonds is 2. The average molecular weight is 275 g/mol. The lowest BCUT2D eigenvalue weighted by atomic mass is 10.0. The van der Waals surface area contributed by atoms with E-state index >= 15 is 0 Å². The number of hydrogen-bond acceptors (Lipinski definition) is 2. The Bertz CT molecular complexity index is 595. The molecule has 0 spiro atoms. The second-order valence-electron chi connectivity index (χ2n) is 5.29. The molecule has 0 aliphatic carbocycles. The van der Waals surface area contributed by atoms with Gasteiger partial charge in [-0.15, -0.1) is 0 Å². The normalized spacial score (nSPS) is 11.1. The van der Waals surface area contributed by atoms with Crippen LogP contribution < -0.4 is 0 Å². The monoisotopic (exact) mass is 274 g/mol. The molecule has 0 bridgehead atoms. The molecule has 1 aromatic carbocycles. The quantitative estimate of drug-likeness (QED) is 0.732. The summed E-state index contributed by atoms with van der Waals surface area (Å²) in [5, 5.41) is 0.565. The van der Waals surface area contributed by atoms with E-state index in [9.17, 15) is 0 Å². The molecule has 0 N–H and O–H groups in total. The average Bonchev–Trinajstić information content (AvgIpc) is 2.31. The summed E-state index contributed by atoms with van der Waals surface area (Å²) in [4.78, 5) is 9.05. The van der Waals surface area contributed by atoms with Crippen molar-refractivity contribution < 1.29 is 0 Å². The molecule has 2 aromatic rings. The Morgan fingerprint density at radius 1 is 1.00 bits per heavy atom. The molecule has 1 aromatic heterocycles. The highest BCUT2D eigenvalue weighted by molar-refractivity contribution is 6.30. The lowest BCUT2D eigenvalue weighted by Gasteiger charge is -2.12. The molecule has 1 heterocycles. The van der Waals surface area contributed by atoms with Crippen molar-refractivity contribution in [2.75, 3.05) is 0 Å². The first-order valence-electron chi connectivity index (χ1n) is 6.51. The third-order valence-electron chi connectivity index (χ3n) is 3.43. The van der Waals surface area contributed by atoms with Crippen LogP contribution in [0.4, 0.5) is 0 Å². The van der Waals surface area contributed by atoms with Gasteiger partial charge < -0.3 is 0 Å². The van der Waals surface area contributed by atoms with E-state index in [4.69, 9.17) is 11.6 Å². The fourth-order valence-electron chi connectivity index (χ4n) is 2.21. The van der Waals surface area contributed by atoms with Crippen molar-refractivity contribution in [1.29, 1.82) is 0 Å². The van der Waals surface area contributed by atoms with Gasteiger partial charge in [0.05, 0.1) is 0 Å². The van der Waals surface area contributed by atoms with Crippen LogP contribution in [0.1, 0.15) is 42.1 Å². The fourth-order valence-corrected chi connectivity index (χ4v) is 2.65. The zero-order valence-electron chi connectivity index (χ0n) is 12.1. The number of nitrogens with zero attached hydrogens (tertiary/aromatic N) is 2. The molecule has 2 nitrogen and oxygen atoms in total. The van der Waals surface area contributed by atoms with Gasteiger partial charge in [-0.05, 0) is 43.9 Å². The molecule has 0 amide bonds. The van der Waals surface area contributed by atoms with Crippen molar-refractivity contribution in [2.45, 2.75) is 40.5 Å². The van der Waals surface area contributed by atoms with Gasteiger partial charge in [-0.1, -0.05) is 37.6 Å². The third kappa shape index (κ3) is 2.79. The largest absolute Gasteiger partial charge is 0.233 e. The summed E-state index contributed by atoms with van der Waals surface area (Å²) < 4.78 is 0. The van der Waals surface area contributed by atoms with Gasteiger partial charge in [0.2, 0.25) is 0 Å². The molecule has 0 atom stereocenters. The number of hydrogen-bond donors (Lipinski definition) is 0. The van der Waals surface area contributed by atoms with Crippen LogP contribution in [0, 0.1) is 20.8 Å². The van der Waals surface area contributed by atoms with Crippen LogP contribution in [0.15, 0.2) is 18.2 Å². The zero-order valence-corrected chi connectivity index (χ0v) is 12.8. The maximum atomic E-state index is 6.30. The summed E-state index contributed by atoms with van der Waals surface area (Å²) in [6, 6.07) is 6.24. The maximum Gasteiger partial charge on any atom is 0.161 e. The second kappa shape index (κ2) is 5.30. The van der Waals surface area contributed by atoms with E-state index < -0.39 is 0 Å². The van der Waals surface area contributed by atoms with E-state index in [0.29, 0.717) is 16.9 Å². The zero-order chi connectivity index (χ0) is 14.2. The van der Waals surface area contributed by atoms with Gasteiger partial charge in [-0.25, -0.2) is 9.97 Å². The van der Waals surface area contributed by atoms with Gasteiger partial charge >= 0.3 is 0 Å². The molecule has 0 aliphatic rings. The maximum absolute atomic E-state index is 6.30. The molecule has 0 saturated heterocycles. The van der Waals surface area contributed by atoms with Crippen LogP contribution in [0.3, 0.4) is 0 Å². The summed E-state index contributed by atoms with van der Waals surface area (Å²) in [7, 11) is 0. The molecular weight excluding hydrogens is 256 g/mol.